The molecule has 0 aromatic carbocycles. The minimum absolute atomic E-state index is 0.290. The zero-order valence-corrected chi connectivity index (χ0v) is 17.3. The highest BCUT2D eigenvalue weighted by atomic mass is 32.1. The van der Waals surface area contributed by atoms with Crippen molar-refractivity contribution in [1.82, 2.24) is 14.9 Å². The molecular weight excluding hydrogens is 376 g/mol. The zero-order valence-electron chi connectivity index (χ0n) is 16.5. The Hall–Kier alpha value is -2.00. The zero-order chi connectivity index (χ0) is 19.7. The first-order chi connectivity index (χ1) is 13.4. The molecule has 0 bridgehead atoms. The molecule has 7 nitrogen and oxygen atoms in total. The van der Waals surface area contributed by atoms with Gasteiger partial charge in [-0.05, 0) is 38.5 Å². The SMILES string of the molecule is Cc1sc2nc(CN3CCOCC3)nc(NCC(C)(O)c3ccco3)c2c1C. The smallest absolute Gasteiger partial charge is 0.146 e. The Labute approximate surface area is 168 Å². The van der Waals surface area contributed by atoms with Crippen LogP contribution < -0.4 is 5.32 Å². The highest BCUT2D eigenvalue weighted by Crippen LogP contribution is 2.34. The van der Waals surface area contributed by atoms with E-state index in [2.05, 4.69) is 24.1 Å². The molecule has 3 aromatic heterocycles. The number of aromatic nitrogens is 2. The van der Waals surface area contributed by atoms with Crippen molar-refractivity contribution in [2.24, 2.45) is 0 Å². The molecule has 0 saturated carbocycles. The van der Waals surface area contributed by atoms with E-state index in [1.807, 2.05) is 0 Å². The fraction of sp³-hybridized carbons (Fsp3) is 0.500. The van der Waals surface area contributed by atoms with Crippen LogP contribution in [0.2, 0.25) is 0 Å². The molecule has 4 heterocycles. The molecule has 1 atom stereocenters. The number of aryl methyl sites for hydroxylation is 2. The molecule has 4 rings (SSSR count). The number of ether oxygens (including phenoxy) is 1. The lowest BCUT2D eigenvalue weighted by atomic mass is 10.0. The van der Waals surface area contributed by atoms with Gasteiger partial charge >= 0.3 is 0 Å². The van der Waals surface area contributed by atoms with Crippen LogP contribution in [-0.2, 0) is 16.9 Å². The van der Waals surface area contributed by atoms with Crippen LogP contribution in [-0.4, -0.2) is 52.8 Å². The van der Waals surface area contributed by atoms with Crippen molar-refractivity contribution < 1.29 is 14.3 Å². The molecule has 150 valence electrons. The second kappa shape index (κ2) is 7.79. The summed E-state index contributed by atoms with van der Waals surface area (Å²) in [5.41, 5.74) is 0.0440. The molecule has 0 aliphatic carbocycles. The Morgan fingerprint density at radius 1 is 1.29 bits per heavy atom. The van der Waals surface area contributed by atoms with Crippen molar-refractivity contribution in [2.75, 3.05) is 38.2 Å². The van der Waals surface area contributed by atoms with Crippen LogP contribution in [0.15, 0.2) is 22.8 Å². The van der Waals surface area contributed by atoms with Gasteiger partial charge in [-0.3, -0.25) is 4.90 Å². The largest absolute Gasteiger partial charge is 0.466 e. The molecule has 0 amide bonds. The second-order valence-corrected chi connectivity index (χ2v) is 8.65. The maximum Gasteiger partial charge on any atom is 0.146 e. The minimum atomic E-state index is -1.13. The summed E-state index contributed by atoms with van der Waals surface area (Å²) in [6.45, 7) is 10.2. The summed E-state index contributed by atoms with van der Waals surface area (Å²) in [4.78, 5) is 14.1. The van der Waals surface area contributed by atoms with Crippen molar-refractivity contribution in [3.05, 3.63) is 40.4 Å². The average molecular weight is 403 g/mol. The van der Waals surface area contributed by atoms with Gasteiger partial charge in [0.2, 0.25) is 0 Å². The summed E-state index contributed by atoms with van der Waals surface area (Å²) in [7, 11) is 0. The third-order valence-corrected chi connectivity index (χ3v) is 6.30. The van der Waals surface area contributed by atoms with E-state index in [9.17, 15) is 5.11 Å². The number of rotatable bonds is 6. The fourth-order valence-electron chi connectivity index (χ4n) is 3.38. The molecule has 1 aliphatic heterocycles. The summed E-state index contributed by atoms with van der Waals surface area (Å²) in [5.74, 6) is 2.08. The van der Waals surface area contributed by atoms with Gasteiger partial charge in [0.15, 0.2) is 0 Å². The van der Waals surface area contributed by atoms with E-state index in [0.29, 0.717) is 12.3 Å². The van der Waals surface area contributed by atoms with E-state index in [1.165, 1.54) is 10.4 Å². The second-order valence-electron chi connectivity index (χ2n) is 7.45. The lowest BCUT2D eigenvalue weighted by Crippen LogP contribution is -2.36. The molecule has 8 heteroatoms. The molecule has 1 fully saturated rings. The van der Waals surface area contributed by atoms with Crippen LogP contribution in [0.3, 0.4) is 0 Å². The van der Waals surface area contributed by atoms with E-state index in [1.54, 1.807) is 36.7 Å². The van der Waals surface area contributed by atoms with Crippen LogP contribution in [0.5, 0.6) is 0 Å². The van der Waals surface area contributed by atoms with Crippen LogP contribution in [0.1, 0.15) is 28.9 Å². The summed E-state index contributed by atoms with van der Waals surface area (Å²) in [5, 5.41) is 15.2. The van der Waals surface area contributed by atoms with Gasteiger partial charge in [0.1, 0.15) is 27.8 Å². The number of anilines is 1. The van der Waals surface area contributed by atoms with Crippen LogP contribution in [0, 0.1) is 13.8 Å². The number of nitrogens with one attached hydrogen (secondary N) is 1. The number of morpholine rings is 1. The molecular formula is C20H26N4O3S. The molecule has 1 aliphatic rings. The highest BCUT2D eigenvalue weighted by Gasteiger charge is 2.27. The molecule has 0 spiro atoms. The first-order valence-electron chi connectivity index (χ1n) is 9.51. The van der Waals surface area contributed by atoms with Gasteiger partial charge in [-0.25, -0.2) is 9.97 Å². The number of furan rings is 1. The normalized spacial score (nSPS) is 17.7. The van der Waals surface area contributed by atoms with Crippen molar-refractivity contribution in [3.8, 4) is 0 Å². The van der Waals surface area contributed by atoms with Crippen molar-refractivity contribution in [3.63, 3.8) is 0 Å². The standard InChI is InChI=1S/C20H26N4O3S/c1-13-14(2)28-19-17(13)18(21-12-20(3,25)15-5-4-8-27-15)22-16(23-19)11-24-6-9-26-10-7-24/h4-5,8,25H,6-7,9-12H2,1-3H3,(H,21,22,23). The molecule has 1 saturated heterocycles. The molecule has 1 unspecified atom stereocenters. The maximum atomic E-state index is 10.8. The van der Waals surface area contributed by atoms with Gasteiger partial charge in [0.05, 0.1) is 38.0 Å². The highest BCUT2D eigenvalue weighted by molar-refractivity contribution is 7.18. The first kappa shape index (κ1) is 19.3. The number of thiophene rings is 1. The molecule has 3 aromatic rings. The quantitative estimate of drug-likeness (QED) is 0.656. The Morgan fingerprint density at radius 2 is 2.07 bits per heavy atom. The topological polar surface area (TPSA) is 83.7 Å². The monoisotopic (exact) mass is 402 g/mol. The number of hydrogen-bond acceptors (Lipinski definition) is 8. The Balaban J connectivity index is 1.63. The van der Waals surface area contributed by atoms with E-state index >= 15 is 0 Å². The predicted molar refractivity (Wildman–Crippen MR) is 110 cm³/mol. The first-order valence-corrected chi connectivity index (χ1v) is 10.3. The molecule has 0 radical (unpaired) electrons. The third kappa shape index (κ3) is 3.91. The fourth-order valence-corrected chi connectivity index (χ4v) is 4.43. The van der Waals surface area contributed by atoms with Crippen LogP contribution in [0.4, 0.5) is 5.82 Å². The summed E-state index contributed by atoms with van der Waals surface area (Å²) in [6.07, 6.45) is 1.57. The van der Waals surface area contributed by atoms with E-state index in [-0.39, 0.29) is 6.54 Å². The van der Waals surface area contributed by atoms with Crippen molar-refractivity contribution in [1.29, 1.82) is 0 Å². The number of hydrogen-bond donors (Lipinski definition) is 2. The van der Waals surface area contributed by atoms with Crippen LogP contribution >= 0.6 is 11.3 Å². The molecule has 28 heavy (non-hydrogen) atoms. The predicted octanol–water partition coefficient (Wildman–Crippen LogP) is 3.05. The van der Waals surface area contributed by atoms with Gasteiger partial charge in [0.25, 0.3) is 0 Å². The number of aliphatic hydroxyl groups is 1. The Kier molecular flexibility index (Phi) is 5.37. The number of nitrogens with zero attached hydrogens (tertiary/aromatic N) is 3. The third-order valence-electron chi connectivity index (χ3n) is 5.20. The maximum absolute atomic E-state index is 10.8. The lowest BCUT2D eigenvalue weighted by Gasteiger charge is -2.26. The summed E-state index contributed by atoms with van der Waals surface area (Å²) >= 11 is 1.68. The minimum Gasteiger partial charge on any atom is -0.466 e. The van der Waals surface area contributed by atoms with Gasteiger partial charge in [-0.15, -0.1) is 11.3 Å². The van der Waals surface area contributed by atoms with Gasteiger partial charge in [-0.2, -0.15) is 0 Å². The van der Waals surface area contributed by atoms with Crippen molar-refractivity contribution >= 4 is 27.4 Å². The van der Waals surface area contributed by atoms with Crippen LogP contribution in [0.25, 0.3) is 10.2 Å². The van der Waals surface area contributed by atoms with E-state index in [0.717, 1.165) is 48.2 Å². The molecule has 2 N–H and O–H groups in total. The van der Waals surface area contributed by atoms with E-state index in [4.69, 9.17) is 19.1 Å². The van der Waals surface area contributed by atoms with E-state index < -0.39 is 5.60 Å². The van der Waals surface area contributed by atoms with Crippen molar-refractivity contribution in [2.45, 2.75) is 32.9 Å². The number of fused-ring (bicyclic) bond motifs is 1. The summed E-state index contributed by atoms with van der Waals surface area (Å²) in [6, 6.07) is 3.56. The Morgan fingerprint density at radius 3 is 2.79 bits per heavy atom. The van der Waals surface area contributed by atoms with Gasteiger partial charge in [-0.1, -0.05) is 0 Å². The van der Waals surface area contributed by atoms with Gasteiger partial charge < -0.3 is 19.6 Å². The average Bonchev–Trinajstić information content (AvgIpc) is 3.31. The summed E-state index contributed by atoms with van der Waals surface area (Å²) < 4.78 is 10.8. The Bertz CT molecular complexity index is 946. The van der Waals surface area contributed by atoms with Gasteiger partial charge in [0, 0.05) is 18.0 Å². The lowest BCUT2D eigenvalue weighted by molar-refractivity contribution is 0.0331.